The molecule has 0 aliphatic heterocycles. The number of rotatable bonds is 3. The molecule has 2 aromatic rings. The summed E-state index contributed by atoms with van der Waals surface area (Å²) < 4.78 is 12.9. The molecule has 1 heterocycles. The highest BCUT2D eigenvalue weighted by Crippen LogP contribution is 2.27. The first-order chi connectivity index (χ1) is 8.56. The summed E-state index contributed by atoms with van der Waals surface area (Å²) in [6, 6.07) is 6.34. The predicted octanol–water partition coefficient (Wildman–Crippen LogP) is 4.10. The maximum atomic E-state index is 12.9. The first-order valence-electron chi connectivity index (χ1n) is 5.25. The zero-order chi connectivity index (χ0) is 13.1. The molecule has 1 unspecified atom stereocenters. The lowest BCUT2D eigenvalue weighted by molar-refractivity contribution is 0.579. The van der Waals surface area contributed by atoms with E-state index in [4.69, 9.17) is 23.2 Å². The average molecular weight is 286 g/mol. The van der Waals surface area contributed by atoms with Crippen molar-refractivity contribution < 1.29 is 4.39 Å². The summed E-state index contributed by atoms with van der Waals surface area (Å²) in [4.78, 5) is 7.31. The number of nitrogens with zero attached hydrogens (tertiary/aromatic N) is 2. The van der Waals surface area contributed by atoms with E-state index >= 15 is 0 Å². The fourth-order valence-electron chi connectivity index (χ4n) is 1.56. The summed E-state index contributed by atoms with van der Waals surface area (Å²) in [5.74, 6) is -0.178. The maximum Gasteiger partial charge on any atom is 0.217 e. The van der Waals surface area contributed by atoms with Gasteiger partial charge in [-0.2, -0.15) is 4.39 Å². The zero-order valence-corrected chi connectivity index (χ0v) is 11.0. The molecule has 2 rings (SSSR count). The lowest BCUT2D eigenvalue weighted by Crippen LogP contribution is -2.09. The van der Waals surface area contributed by atoms with E-state index in [2.05, 4.69) is 15.3 Å². The number of nitrogens with one attached hydrogen (secondary N) is 1. The Bertz CT molecular complexity index is 563. The Hall–Kier alpha value is -1.39. The number of aromatic nitrogens is 2. The van der Waals surface area contributed by atoms with Gasteiger partial charge in [-0.25, -0.2) is 9.97 Å². The van der Waals surface area contributed by atoms with Gasteiger partial charge in [0.2, 0.25) is 5.95 Å². The summed E-state index contributed by atoms with van der Waals surface area (Å²) >= 11 is 11.9. The molecule has 0 saturated carbocycles. The number of halogens is 3. The van der Waals surface area contributed by atoms with Crippen LogP contribution in [0, 0.1) is 5.95 Å². The van der Waals surface area contributed by atoms with Crippen molar-refractivity contribution in [3.8, 4) is 0 Å². The SMILES string of the molecule is CC(Nc1cc(F)ncn1)c1ccc(Cl)cc1Cl. The second kappa shape index (κ2) is 5.50. The van der Waals surface area contributed by atoms with Crippen LogP contribution in [0.25, 0.3) is 0 Å². The van der Waals surface area contributed by atoms with Crippen LogP contribution in [0.4, 0.5) is 10.2 Å². The molecule has 0 saturated heterocycles. The molecule has 1 aromatic heterocycles. The fourth-order valence-corrected chi connectivity index (χ4v) is 2.14. The third kappa shape index (κ3) is 3.09. The molecule has 0 radical (unpaired) electrons. The molecule has 18 heavy (non-hydrogen) atoms. The van der Waals surface area contributed by atoms with Crippen LogP contribution in [-0.2, 0) is 0 Å². The van der Waals surface area contributed by atoms with Crippen LogP contribution in [0.1, 0.15) is 18.5 Å². The molecule has 6 heteroatoms. The Morgan fingerprint density at radius 3 is 2.67 bits per heavy atom. The smallest absolute Gasteiger partial charge is 0.217 e. The van der Waals surface area contributed by atoms with Crippen LogP contribution in [0.3, 0.4) is 0 Å². The minimum atomic E-state index is -0.582. The van der Waals surface area contributed by atoms with Crippen molar-refractivity contribution in [1.82, 2.24) is 9.97 Å². The Labute approximate surface area is 114 Å². The monoisotopic (exact) mass is 285 g/mol. The molecular weight excluding hydrogens is 276 g/mol. The first kappa shape index (κ1) is 13.1. The molecule has 0 aliphatic carbocycles. The van der Waals surface area contributed by atoms with Gasteiger partial charge in [-0.15, -0.1) is 0 Å². The molecule has 0 aliphatic rings. The van der Waals surface area contributed by atoms with E-state index in [1.807, 2.05) is 13.0 Å². The molecule has 1 N–H and O–H groups in total. The third-order valence-electron chi connectivity index (χ3n) is 2.43. The second-order valence-corrected chi connectivity index (χ2v) is 4.60. The van der Waals surface area contributed by atoms with Crippen LogP contribution in [0.5, 0.6) is 0 Å². The third-order valence-corrected chi connectivity index (χ3v) is 2.99. The van der Waals surface area contributed by atoms with Crippen LogP contribution in [-0.4, -0.2) is 9.97 Å². The highest BCUT2D eigenvalue weighted by Gasteiger charge is 2.11. The molecule has 0 amide bonds. The Kier molecular flexibility index (Phi) is 3.99. The van der Waals surface area contributed by atoms with Crippen molar-refractivity contribution in [3.63, 3.8) is 0 Å². The Morgan fingerprint density at radius 2 is 2.00 bits per heavy atom. The van der Waals surface area contributed by atoms with Crippen molar-refractivity contribution in [2.75, 3.05) is 5.32 Å². The lowest BCUT2D eigenvalue weighted by atomic mass is 10.1. The first-order valence-corrected chi connectivity index (χ1v) is 6.01. The lowest BCUT2D eigenvalue weighted by Gasteiger charge is -2.16. The quantitative estimate of drug-likeness (QED) is 0.863. The van der Waals surface area contributed by atoms with E-state index in [0.29, 0.717) is 15.9 Å². The molecular formula is C12H10Cl2FN3. The van der Waals surface area contributed by atoms with Gasteiger partial charge in [-0.05, 0) is 24.6 Å². The minimum Gasteiger partial charge on any atom is -0.363 e. The Morgan fingerprint density at radius 1 is 1.22 bits per heavy atom. The summed E-state index contributed by atoms with van der Waals surface area (Å²) in [6.45, 7) is 1.90. The molecule has 0 bridgehead atoms. The highest BCUT2D eigenvalue weighted by molar-refractivity contribution is 6.35. The number of benzene rings is 1. The van der Waals surface area contributed by atoms with Crippen LogP contribution >= 0.6 is 23.2 Å². The standard InChI is InChI=1S/C12H10Cl2FN3/c1-7(9-3-2-8(13)4-10(9)14)18-12-5-11(15)16-6-17-12/h2-7H,1H3,(H,16,17,18). The van der Waals surface area contributed by atoms with Gasteiger partial charge in [-0.1, -0.05) is 29.3 Å². The van der Waals surface area contributed by atoms with Gasteiger partial charge in [-0.3, -0.25) is 0 Å². The number of anilines is 1. The van der Waals surface area contributed by atoms with Crippen molar-refractivity contribution >= 4 is 29.0 Å². The van der Waals surface area contributed by atoms with Gasteiger partial charge in [0.15, 0.2) is 0 Å². The zero-order valence-electron chi connectivity index (χ0n) is 9.49. The van der Waals surface area contributed by atoms with E-state index in [1.54, 1.807) is 12.1 Å². The topological polar surface area (TPSA) is 37.8 Å². The average Bonchev–Trinajstić information content (AvgIpc) is 2.28. The van der Waals surface area contributed by atoms with Crippen LogP contribution < -0.4 is 5.32 Å². The highest BCUT2D eigenvalue weighted by atomic mass is 35.5. The van der Waals surface area contributed by atoms with Crippen molar-refractivity contribution in [2.24, 2.45) is 0 Å². The van der Waals surface area contributed by atoms with Gasteiger partial charge in [0.05, 0.1) is 6.04 Å². The van der Waals surface area contributed by atoms with Gasteiger partial charge in [0.1, 0.15) is 12.1 Å². The fraction of sp³-hybridized carbons (Fsp3) is 0.167. The van der Waals surface area contributed by atoms with Gasteiger partial charge < -0.3 is 5.32 Å². The van der Waals surface area contributed by atoms with E-state index in [9.17, 15) is 4.39 Å². The van der Waals surface area contributed by atoms with Crippen molar-refractivity contribution in [2.45, 2.75) is 13.0 Å². The summed E-state index contributed by atoms with van der Waals surface area (Å²) in [5.41, 5.74) is 0.861. The van der Waals surface area contributed by atoms with Gasteiger partial charge >= 0.3 is 0 Å². The van der Waals surface area contributed by atoms with Gasteiger partial charge in [0, 0.05) is 16.1 Å². The van der Waals surface area contributed by atoms with E-state index in [1.165, 1.54) is 6.07 Å². The van der Waals surface area contributed by atoms with E-state index < -0.39 is 5.95 Å². The van der Waals surface area contributed by atoms with Crippen molar-refractivity contribution in [3.05, 3.63) is 52.1 Å². The summed E-state index contributed by atoms with van der Waals surface area (Å²) in [5, 5.41) is 4.17. The molecule has 3 nitrogen and oxygen atoms in total. The molecule has 0 spiro atoms. The van der Waals surface area contributed by atoms with Crippen molar-refractivity contribution in [1.29, 1.82) is 0 Å². The van der Waals surface area contributed by atoms with E-state index in [0.717, 1.165) is 11.9 Å². The molecule has 1 atom stereocenters. The summed E-state index contributed by atoms with van der Waals surface area (Å²) in [7, 11) is 0. The molecule has 0 fully saturated rings. The van der Waals surface area contributed by atoms with Crippen LogP contribution in [0.15, 0.2) is 30.6 Å². The second-order valence-electron chi connectivity index (χ2n) is 3.76. The van der Waals surface area contributed by atoms with Gasteiger partial charge in [0.25, 0.3) is 0 Å². The molecule has 94 valence electrons. The molecule has 1 aromatic carbocycles. The van der Waals surface area contributed by atoms with E-state index in [-0.39, 0.29) is 6.04 Å². The summed E-state index contributed by atoms with van der Waals surface area (Å²) in [6.07, 6.45) is 1.16. The largest absolute Gasteiger partial charge is 0.363 e. The number of hydrogen-bond donors (Lipinski definition) is 1. The maximum absolute atomic E-state index is 12.9. The normalized spacial score (nSPS) is 12.2. The van der Waals surface area contributed by atoms with Crippen LogP contribution in [0.2, 0.25) is 10.0 Å². The number of hydrogen-bond acceptors (Lipinski definition) is 3. The Balaban J connectivity index is 2.19. The minimum absolute atomic E-state index is 0.121. The predicted molar refractivity (Wildman–Crippen MR) is 70.5 cm³/mol.